The van der Waals surface area contributed by atoms with Gasteiger partial charge in [-0.1, -0.05) is 13.0 Å². The lowest BCUT2D eigenvalue weighted by atomic mass is 9.75. The van der Waals surface area contributed by atoms with Crippen LogP contribution < -0.4 is 0 Å². The molecule has 1 saturated carbocycles. The summed E-state index contributed by atoms with van der Waals surface area (Å²) in [5.41, 5.74) is 0.871. The highest BCUT2D eigenvalue weighted by Crippen LogP contribution is 2.38. The maximum Gasteiger partial charge on any atom is 0.251 e. The Bertz CT molecular complexity index is 689. The molecule has 0 radical (unpaired) electrons. The molecule has 3 atom stereocenters. The SMILES string of the molecule is CC1CC(C(=O)N2CC[C@H]3CC(C(=O)N(C)Cc4ccccn4)O[C@H]3C2)C1. The summed E-state index contributed by atoms with van der Waals surface area (Å²) in [4.78, 5) is 33.4. The summed E-state index contributed by atoms with van der Waals surface area (Å²) >= 11 is 0. The standard InChI is InChI=1S/C21H29N3O3/c1-14-9-16(10-14)20(25)24-8-6-15-11-18(27-19(15)13-24)21(26)23(2)12-17-5-3-4-7-22-17/h3-5,7,14-16,18-19H,6,8-13H2,1-2H3/t14?,15-,16?,18?,19-/m0/s1. The molecule has 0 bridgehead atoms. The quantitative estimate of drug-likeness (QED) is 0.813. The maximum atomic E-state index is 12.8. The van der Waals surface area contributed by atoms with Crippen LogP contribution in [0.5, 0.6) is 0 Å². The van der Waals surface area contributed by atoms with Gasteiger partial charge in [-0.3, -0.25) is 14.6 Å². The molecule has 2 aliphatic heterocycles. The van der Waals surface area contributed by atoms with E-state index in [1.165, 1.54) is 0 Å². The molecule has 0 N–H and O–H groups in total. The van der Waals surface area contributed by atoms with Gasteiger partial charge in [-0.25, -0.2) is 0 Å². The Morgan fingerprint density at radius 2 is 2.11 bits per heavy atom. The van der Waals surface area contributed by atoms with Crippen LogP contribution >= 0.6 is 0 Å². The Labute approximate surface area is 160 Å². The average molecular weight is 371 g/mol. The molecule has 1 unspecified atom stereocenters. The van der Waals surface area contributed by atoms with Crippen LogP contribution in [-0.4, -0.2) is 58.9 Å². The van der Waals surface area contributed by atoms with Crippen molar-refractivity contribution < 1.29 is 14.3 Å². The fourth-order valence-electron chi connectivity index (χ4n) is 4.71. The third-order valence-corrected chi connectivity index (χ3v) is 6.36. The first kappa shape index (κ1) is 18.4. The molecule has 1 aliphatic carbocycles. The fourth-order valence-corrected chi connectivity index (χ4v) is 4.71. The van der Waals surface area contributed by atoms with Crippen molar-refractivity contribution >= 4 is 11.8 Å². The molecule has 0 spiro atoms. The molecule has 3 fully saturated rings. The molecule has 146 valence electrons. The summed E-state index contributed by atoms with van der Waals surface area (Å²) in [6, 6.07) is 5.72. The fraction of sp³-hybridized carbons (Fsp3) is 0.667. The molecule has 6 heteroatoms. The van der Waals surface area contributed by atoms with Crippen molar-refractivity contribution in [2.24, 2.45) is 17.8 Å². The van der Waals surface area contributed by atoms with Crippen LogP contribution in [0.2, 0.25) is 0 Å². The van der Waals surface area contributed by atoms with Crippen molar-refractivity contribution in [3.8, 4) is 0 Å². The second-order valence-electron chi connectivity index (χ2n) is 8.52. The van der Waals surface area contributed by atoms with Gasteiger partial charge in [-0.15, -0.1) is 0 Å². The summed E-state index contributed by atoms with van der Waals surface area (Å²) < 4.78 is 6.11. The molecule has 4 rings (SSSR count). The van der Waals surface area contributed by atoms with Gasteiger partial charge in [-0.2, -0.15) is 0 Å². The number of likely N-dealkylation sites (N-methyl/N-ethyl adjacent to an activating group) is 1. The van der Waals surface area contributed by atoms with Crippen molar-refractivity contribution in [2.45, 2.75) is 51.4 Å². The number of rotatable bonds is 4. The lowest BCUT2D eigenvalue weighted by Crippen LogP contribution is -2.49. The maximum absolute atomic E-state index is 12.8. The van der Waals surface area contributed by atoms with E-state index in [0.717, 1.165) is 37.9 Å². The normalized spacial score (nSPS) is 32.5. The number of fused-ring (bicyclic) bond motifs is 1. The third kappa shape index (κ3) is 3.86. The predicted molar refractivity (Wildman–Crippen MR) is 101 cm³/mol. The van der Waals surface area contributed by atoms with Crippen LogP contribution in [0.3, 0.4) is 0 Å². The highest BCUT2D eigenvalue weighted by Gasteiger charge is 2.45. The van der Waals surface area contributed by atoms with Gasteiger partial charge in [0.15, 0.2) is 0 Å². The number of ether oxygens (including phenoxy) is 1. The highest BCUT2D eigenvalue weighted by atomic mass is 16.5. The minimum absolute atomic E-state index is 0.00241. The van der Waals surface area contributed by atoms with Crippen molar-refractivity contribution in [1.29, 1.82) is 0 Å². The van der Waals surface area contributed by atoms with Gasteiger partial charge >= 0.3 is 0 Å². The van der Waals surface area contributed by atoms with Crippen LogP contribution in [0, 0.1) is 17.8 Å². The Hall–Kier alpha value is -1.95. The number of hydrogen-bond donors (Lipinski definition) is 0. The van der Waals surface area contributed by atoms with E-state index >= 15 is 0 Å². The van der Waals surface area contributed by atoms with Crippen molar-refractivity contribution in [2.75, 3.05) is 20.1 Å². The number of hydrogen-bond acceptors (Lipinski definition) is 4. The zero-order chi connectivity index (χ0) is 19.0. The van der Waals surface area contributed by atoms with Crippen molar-refractivity contribution in [3.63, 3.8) is 0 Å². The van der Waals surface area contributed by atoms with E-state index in [4.69, 9.17) is 4.74 Å². The number of nitrogens with zero attached hydrogens (tertiary/aromatic N) is 3. The Kier molecular flexibility index (Phi) is 5.17. The van der Waals surface area contributed by atoms with Crippen LogP contribution in [0.1, 0.15) is 38.3 Å². The Morgan fingerprint density at radius 3 is 2.81 bits per heavy atom. The van der Waals surface area contributed by atoms with Gasteiger partial charge in [0, 0.05) is 32.3 Å². The molecule has 3 heterocycles. The van der Waals surface area contributed by atoms with Gasteiger partial charge in [0.2, 0.25) is 5.91 Å². The minimum Gasteiger partial charge on any atom is -0.363 e. The zero-order valence-corrected chi connectivity index (χ0v) is 16.2. The van der Waals surface area contributed by atoms with E-state index in [1.54, 1.807) is 18.1 Å². The number of piperidine rings is 1. The molecule has 3 aliphatic rings. The topological polar surface area (TPSA) is 62.7 Å². The third-order valence-electron chi connectivity index (χ3n) is 6.36. The number of pyridine rings is 1. The highest BCUT2D eigenvalue weighted by molar-refractivity contribution is 5.81. The van der Waals surface area contributed by atoms with Crippen molar-refractivity contribution in [3.05, 3.63) is 30.1 Å². The molecule has 0 aromatic carbocycles. The molecule has 27 heavy (non-hydrogen) atoms. The number of carbonyl (C=O) groups excluding carboxylic acids is 2. The smallest absolute Gasteiger partial charge is 0.251 e. The van der Waals surface area contributed by atoms with Gasteiger partial charge in [0.25, 0.3) is 5.91 Å². The first-order valence-corrected chi connectivity index (χ1v) is 10.1. The average Bonchev–Trinajstić information content (AvgIpc) is 3.08. The largest absolute Gasteiger partial charge is 0.363 e. The van der Waals surface area contributed by atoms with Crippen LogP contribution in [0.15, 0.2) is 24.4 Å². The monoisotopic (exact) mass is 371 g/mol. The second-order valence-corrected chi connectivity index (χ2v) is 8.52. The van der Waals surface area contributed by atoms with E-state index in [1.807, 2.05) is 23.1 Å². The summed E-state index contributed by atoms with van der Waals surface area (Å²) in [6.45, 7) is 4.13. The van der Waals surface area contributed by atoms with E-state index in [9.17, 15) is 9.59 Å². The van der Waals surface area contributed by atoms with Crippen molar-refractivity contribution in [1.82, 2.24) is 14.8 Å². The van der Waals surface area contributed by atoms with E-state index in [2.05, 4.69) is 11.9 Å². The van der Waals surface area contributed by atoms with E-state index in [0.29, 0.717) is 24.9 Å². The molecular weight excluding hydrogens is 342 g/mol. The zero-order valence-electron chi connectivity index (χ0n) is 16.2. The first-order chi connectivity index (χ1) is 13.0. The molecule has 1 aromatic heterocycles. The minimum atomic E-state index is -0.396. The Balaban J connectivity index is 1.31. The molecular formula is C21H29N3O3. The van der Waals surface area contributed by atoms with Gasteiger partial charge < -0.3 is 14.5 Å². The summed E-state index contributed by atoms with van der Waals surface area (Å²) in [7, 11) is 1.80. The number of amides is 2. The van der Waals surface area contributed by atoms with Gasteiger partial charge in [0.05, 0.1) is 18.3 Å². The number of carbonyl (C=O) groups is 2. The number of aromatic nitrogens is 1. The van der Waals surface area contributed by atoms with Crippen LogP contribution in [0.4, 0.5) is 0 Å². The molecule has 1 aromatic rings. The second kappa shape index (κ2) is 7.58. The Morgan fingerprint density at radius 1 is 1.30 bits per heavy atom. The van der Waals surface area contributed by atoms with Gasteiger partial charge in [-0.05, 0) is 49.7 Å². The summed E-state index contributed by atoms with van der Waals surface area (Å²) in [6.07, 6.45) is 5.08. The summed E-state index contributed by atoms with van der Waals surface area (Å²) in [5.74, 6) is 1.57. The van der Waals surface area contributed by atoms with E-state index < -0.39 is 6.10 Å². The lowest BCUT2D eigenvalue weighted by molar-refractivity contribution is -0.147. The van der Waals surface area contributed by atoms with Crippen LogP contribution in [-0.2, 0) is 20.9 Å². The molecule has 2 amide bonds. The van der Waals surface area contributed by atoms with Gasteiger partial charge in [0.1, 0.15) is 6.10 Å². The van der Waals surface area contributed by atoms with Crippen LogP contribution in [0.25, 0.3) is 0 Å². The van der Waals surface area contributed by atoms with E-state index in [-0.39, 0.29) is 23.8 Å². The molecule has 6 nitrogen and oxygen atoms in total. The predicted octanol–water partition coefficient (Wildman–Crippen LogP) is 2.09. The molecule has 2 saturated heterocycles. The summed E-state index contributed by atoms with van der Waals surface area (Å²) in [5, 5.41) is 0. The lowest BCUT2D eigenvalue weighted by Gasteiger charge is -2.40. The first-order valence-electron chi connectivity index (χ1n) is 10.1. The number of likely N-dealkylation sites (tertiary alicyclic amines) is 1.